The van der Waals surface area contributed by atoms with Gasteiger partial charge >= 0.3 is 12.0 Å². The van der Waals surface area contributed by atoms with Crippen LogP contribution in [0.5, 0.6) is 0 Å². The molecule has 0 spiro atoms. The minimum Gasteiger partial charge on any atom is -0.481 e. The van der Waals surface area contributed by atoms with Crippen LogP contribution < -0.4 is 10.6 Å². The molecule has 2 aromatic carbocycles. The molecule has 0 unspecified atom stereocenters. The molecule has 0 aliphatic heterocycles. The number of anilines is 2. The maximum absolute atomic E-state index is 12.0. The number of halogens is 2. The van der Waals surface area contributed by atoms with E-state index in [2.05, 4.69) is 10.6 Å². The molecule has 2 aromatic rings. The van der Waals surface area contributed by atoms with Gasteiger partial charge in [-0.05, 0) is 36.2 Å². The first-order chi connectivity index (χ1) is 11.0. The Bertz CT molecular complexity index is 735. The predicted octanol–water partition coefficient (Wildman–Crippen LogP) is 4.65. The lowest BCUT2D eigenvalue weighted by Crippen LogP contribution is -2.19. The summed E-state index contributed by atoms with van der Waals surface area (Å²) in [7, 11) is 0. The van der Waals surface area contributed by atoms with E-state index in [1.807, 2.05) is 0 Å². The molecule has 0 fully saturated rings. The molecule has 0 aromatic heterocycles. The lowest BCUT2D eigenvalue weighted by molar-refractivity contribution is -0.136. The van der Waals surface area contributed by atoms with E-state index in [1.54, 1.807) is 42.5 Å². The monoisotopic (exact) mass is 352 g/mol. The number of aryl methyl sites for hydroxylation is 1. The summed E-state index contributed by atoms with van der Waals surface area (Å²) < 4.78 is 0. The Morgan fingerprint density at radius 1 is 1.04 bits per heavy atom. The SMILES string of the molecule is O=C(O)CCc1cccc(NC(=O)Nc2cccc(Cl)c2Cl)c1. The molecule has 5 nitrogen and oxygen atoms in total. The molecule has 0 saturated heterocycles. The molecule has 2 rings (SSSR count). The zero-order valence-corrected chi connectivity index (χ0v) is 13.5. The van der Waals surface area contributed by atoms with Gasteiger partial charge in [0.1, 0.15) is 0 Å². The number of hydrogen-bond acceptors (Lipinski definition) is 2. The van der Waals surface area contributed by atoms with Gasteiger partial charge in [-0.3, -0.25) is 4.79 Å². The normalized spacial score (nSPS) is 10.2. The van der Waals surface area contributed by atoms with Crippen molar-refractivity contribution in [3.63, 3.8) is 0 Å². The first-order valence-electron chi connectivity index (χ1n) is 6.78. The summed E-state index contributed by atoms with van der Waals surface area (Å²) in [5.74, 6) is -0.864. The Balaban J connectivity index is 2.01. The summed E-state index contributed by atoms with van der Waals surface area (Å²) in [4.78, 5) is 22.6. The van der Waals surface area contributed by atoms with Gasteiger partial charge in [0.15, 0.2) is 0 Å². The lowest BCUT2D eigenvalue weighted by atomic mass is 10.1. The first kappa shape index (κ1) is 17.1. The summed E-state index contributed by atoms with van der Waals surface area (Å²) in [6, 6.07) is 11.5. The Morgan fingerprint density at radius 3 is 2.52 bits per heavy atom. The van der Waals surface area contributed by atoms with E-state index in [1.165, 1.54) is 0 Å². The molecular formula is C16H14Cl2N2O3. The van der Waals surface area contributed by atoms with Crippen molar-refractivity contribution >= 4 is 46.6 Å². The highest BCUT2D eigenvalue weighted by Crippen LogP contribution is 2.29. The molecule has 0 aliphatic rings. The quantitative estimate of drug-likeness (QED) is 0.732. The van der Waals surface area contributed by atoms with Crippen LogP contribution in [0.25, 0.3) is 0 Å². The van der Waals surface area contributed by atoms with Crippen molar-refractivity contribution in [1.29, 1.82) is 0 Å². The minimum atomic E-state index is -0.864. The van der Waals surface area contributed by atoms with Crippen LogP contribution in [0.4, 0.5) is 16.2 Å². The second-order valence-corrected chi connectivity index (χ2v) is 5.56. The largest absolute Gasteiger partial charge is 0.481 e. The van der Waals surface area contributed by atoms with E-state index >= 15 is 0 Å². The molecule has 2 amide bonds. The summed E-state index contributed by atoms with van der Waals surface area (Å²) in [5.41, 5.74) is 1.79. The molecule has 0 bridgehead atoms. The third kappa shape index (κ3) is 5.16. The van der Waals surface area contributed by atoms with Crippen LogP contribution in [0.2, 0.25) is 10.0 Å². The summed E-state index contributed by atoms with van der Waals surface area (Å²) >= 11 is 11.9. The maximum Gasteiger partial charge on any atom is 0.323 e. The Labute approximate surface area is 143 Å². The van der Waals surface area contributed by atoms with Crippen molar-refractivity contribution in [1.82, 2.24) is 0 Å². The summed E-state index contributed by atoms with van der Waals surface area (Å²) in [6.07, 6.45) is 0.431. The van der Waals surface area contributed by atoms with Gasteiger partial charge in [-0.25, -0.2) is 4.79 Å². The number of amides is 2. The molecule has 23 heavy (non-hydrogen) atoms. The zero-order chi connectivity index (χ0) is 16.8. The van der Waals surface area contributed by atoms with Crippen LogP contribution in [-0.4, -0.2) is 17.1 Å². The number of carbonyl (C=O) groups excluding carboxylic acids is 1. The van der Waals surface area contributed by atoms with Crippen LogP contribution in [0, 0.1) is 0 Å². The second-order valence-electron chi connectivity index (χ2n) is 4.77. The smallest absolute Gasteiger partial charge is 0.323 e. The Kier molecular flexibility index (Phi) is 5.84. The highest BCUT2D eigenvalue weighted by atomic mass is 35.5. The molecule has 0 saturated carbocycles. The van der Waals surface area contributed by atoms with Gasteiger partial charge in [-0.15, -0.1) is 0 Å². The molecule has 7 heteroatoms. The van der Waals surface area contributed by atoms with Crippen LogP contribution in [0.15, 0.2) is 42.5 Å². The number of aliphatic carboxylic acids is 1. The fourth-order valence-electron chi connectivity index (χ4n) is 1.94. The molecule has 0 aliphatic carbocycles. The van der Waals surface area contributed by atoms with Gasteiger partial charge in [-0.1, -0.05) is 41.4 Å². The number of carboxylic acids is 1. The van der Waals surface area contributed by atoms with Gasteiger partial charge in [0.25, 0.3) is 0 Å². The lowest BCUT2D eigenvalue weighted by Gasteiger charge is -2.10. The Hall–Kier alpha value is -2.24. The van der Waals surface area contributed by atoms with Crippen LogP contribution in [-0.2, 0) is 11.2 Å². The standard InChI is InChI=1S/C16H14Cl2N2O3/c17-12-5-2-6-13(15(12)18)20-16(23)19-11-4-1-3-10(9-11)7-8-14(21)22/h1-6,9H,7-8H2,(H,21,22)(H2,19,20,23). The van der Waals surface area contributed by atoms with Crippen molar-refractivity contribution in [3.8, 4) is 0 Å². The maximum atomic E-state index is 12.0. The molecule has 3 N–H and O–H groups in total. The van der Waals surface area contributed by atoms with E-state index in [0.717, 1.165) is 5.56 Å². The number of hydrogen-bond donors (Lipinski definition) is 3. The number of carbonyl (C=O) groups is 2. The number of urea groups is 1. The average molecular weight is 353 g/mol. The predicted molar refractivity (Wildman–Crippen MR) is 91.5 cm³/mol. The first-order valence-corrected chi connectivity index (χ1v) is 7.54. The third-order valence-corrected chi connectivity index (χ3v) is 3.83. The highest BCUT2D eigenvalue weighted by molar-refractivity contribution is 6.44. The van der Waals surface area contributed by atoms with E-state index < -0.39 is 12.0 Å². The van der Waals surface area contributed by atoms with Crippen molar-refractivity contribution in [2.45, 2.75) is 12.8 Å². The van der Waals surface area contributed by atoms with Crippen molar-refractivity contribution in [3.05, 3.63) is 58.1 Å². The minimum absolute atomic E-state index is 0.0355. The van der Waals surface area contributed by atoms with Crippen molar-refractivity contribution < 1.29 is 14.7 Å². The third-order valence-electron chi connectivity index (χ3n) is 3.01. The highest BCUT2D eigenvalue weighted by Gasteiger charge is 2.09. The van der Waals surface area contributed by atoms with Crippen LogP contribution >= 0.6 is 23.2 Å². The number of nitrogens with one attached hydrogen (secondary N) is 2. The summed E-state index contributed by atoms with van der Waals surface area (Å²) in [6.45, 7) is 0. The number of benzene rings is 2. The molecule has 0 radical (unpaired) electrons. The zero-order valence-electron chi connectivity index (χ0n) is 12.0. The van der Waals surface area contributed by atoms with Crippen molar-refractivity contribution in [2.75, 3.05) is 10.6 Å². The van der Waals surface area contributed by atoms with Gasteiger partial charge in [0.05, 0.1) is 15.7 Å². The van der Waals surface area contributed by atoms with Gasteiger partial charge < -0.3 is 15.7 Å². The van der Waals surface area contributed by atoms with E-state index in [-0.39, 0.29) is 11.4 Å². The topological polar surface area (TPSA) is 78.4 Å². The second kappa shape index (κ2) is 7.85. The van der Waals surface area contributed by atoms with Gasteiger partial charge in [0.2, 0.25) is 0 Å². The summed E-state index contributed by atoms with van der Waals surface area (Å²) in [5, 5.41) is 14.6. The fraction of sp³-hybridized carbons (Fsp3) is 0.125. The van der Waals surface area contributed by atoms with Crippen LogP contribution in [0.3, 0.4) is 0 Å². The van der Waals surface area contributed by atoms with Gasteiger partial charge in [0, 0.05) is 12.1 Å². The molecular weight excluding hydrogens is 339 g/mol. The average Bonchev–Trinajstić information content (AvgIpc) is 2.50. The van der Waals surface area contributed by atoms with Crippen molar-refractivity contribution in [2.24, 2.45) is 0 Å². The molecule has 0 heterocycles. The van der Waals surface area contributed by atoms with E-state index in [9.17, 15) is 9.59 Å². The van der Waals surface area contributed by atoms with E-state index in [4.69, 9.17) is 28.3 Å². The number of carboxylic acid groups (broad SMARTS) is 1. The molecule has 120 valence electrons. The Morgan fingerprint density at radius 2 is 1.78 bits per heavy atom. The van der Waals surface area contributed by atoms with Gasteiger partial charge in [-0.2, -0.15) is 0 Å². The fourth-order valence-corrected chi connectivity index (χ4v) is 2.29. The number of rotatable bonds is 5. The van der Waals surface area contributed by atoms with E-state index in [0.29, 0.717) is 22.8 Å². The van der Waals surface area contributed by atoms with Crippen LogP contribution in [0.1, 0.15) is 12.0 Å². The molecule has 0 atom stereocenters.